The van der Waals surface area contributed by atoms with Crippen molar-refractivity contribution in [1.82, 2.24) is 9.97 Å². The van der Waals surface area contributed by atoms with E-state index in [1.807, 2.05) is 0 Å². The number of aromatic nitrogens is 2. The summed E-state index contributed by atoms with van der Waals surface area (Å²) in [6.45, 7) is 0. The molecular formula is C13H7F3N2. The van der Waals surface area contributed by atoms with Crippen LogP contribution in [0.15, 0.2) is 36.4 Å². The van der Waals surface area contributed by atoms with Crippen LogP contribution in [0.2, 0.25) is 0 Å². The Morgan fingerprint density at radius 2 is 1.61 bits per heavy atom. The van der Waals surface area contributed by atoms with Gasteiger partial charge in [0.25, 0.3) is 0 Å². The molecule has 1 N–H and O–H groups in total. The largest absolute Gasteiger partial charge is 0.338 e. The van der Waals surface area contributed by atoms with E-state index >= 15 is 0 Å². The molecule has 0 saturated heterocycles. The molecule has 5 heteroatoms. The summed E-state index contributed by atoms with van der Waals surface area (Å²) in [7, 11) is 0. The smallest absolute Gasteiger partial charge is 0.169 e. The molecule has 0 amide bonds. The molecule has 2 nitrogen and oxygen atoms in total. The van der Waals surface area contributed by atoms with Gasteiger partial charge in [-0.1, -0.05) is 12.1 Å². The van der Waals surface area contributed by atoms with Gasteiger partial charge in [0.05, 0.1) is 11.1 Å². The molecule has 18 heavy (non-hydrogen) atoms. The molecule has 0 spiro atoms. The van der Waals surface area contributed by atoms with E-state index in [1.165, 1.54) is 24.3 Å². The third-order valence-electron chi connectivity index (χ3n) is 2.67. The topological polar surface area (TPSA) is 28.7 Å². The number of hydrogen-bond acceptors (Lipinski definition) is 1. The number of halogens is 3. The first-order valence-electron chi connectivity index (χ1n) is 5.25. The number of para-hydroxylation sites is 1. The first kappa shape index (κ1) is 10.8. The highest BCUT2D eigenvalue weighted by Gasteiger charge is 2.14. The number of aromatic amines is 1. The van der Waals surface area contributed by atoms with Crippen LogP contribution in [0, 0.1) is 17.5 Å². The molecule has 3 aromatic rings. The fraction of sp³-hybridized carbons (Fsp3) is 0. The third kappa shape index (κ3) is 1.55. The quantitative estimate of drug-likeness (QED) is 0.699. The Morgan fingerprint density at radius 1 is 0.889 bits per heavy atom. The number of benzene rings is 2. The lowest BCUT2D eigenvalue weighted by molar-refractivity contribution is 0.510. The SMILES string of the molecule is Fc1cccc(-c2nc3c(F)cccc3[nH]2)c1F. The maximum Gasteiger partial charge on any atom is 0.169 e. The highest BCUT2D eigenvalue weighted by Crippen LogP contribution is 2.25. The van der Waals surface area contributed by atoms with Crippen molar-refractivity contribution in [3.8, 4) is 11.4 Å². The van der Waals surface area contributed by atoms with Gasteiger partial charge in [-0.25, -0.2) is 18.2 Å². The summed E-state index contributed by atoms with van der Waals surface area (Å²) in [6, 6.07) is 8.16. The maximum atomic E-state index is 13.6. The summed E-state index contributed by atoms with van der Waals surface area (Å²) in [5.41, 5.74) is 0.524. The minimum atomic E-state index is -1.00. The molecule has 3 rings (SSSR count). The minimum Gasteiger partial charge on any atom is -0.338 e. The Kier molecular flexibility index (Phi) is 2.33. The zero-order valence-corrected chi connectivity index (χ0v) is 9.05. The van der Waals surface area contributed by atoms with Crippen LogP contribution in [-0.2, 0) is 0 Å². The molecule has 90 valence electrons. The van der Waals surface area contributed by atoms with E-state index in [0.29, 0.717) is 5.52 Å². The molecular weight excluding hydrogens is 241 g/mol. The normalized spacial score (nSPS) is 11.1. The van der Waals surface area contributed by atoms with Crippen LogP contribution in [0.4, 0.5) is 13.2 Å². The van der Waals surface area contributed by atoms with Crippen molar-refractivity contribution < 1.29 is 13.2 Å². The van der Waals surface area contributed by atoms with E-state index in [0.717, 1.165) is 6.07 Å². The summed E-state index contributed by atoms with van der Waals surface area (Å²) < 4.78 is 40.1. The van der Waals surface area contributed by atoms with Gasteiger partial charge in [-0.3, -0.25) is 0 Å². The summed E-state index contributed by atoms with van der Waals surface area (Å²) in [5, 5.41) is 0. The Labute approximate surface area is 100 Å². The summed E-state index contributed by atoms with van der Waals surface area (Å²) in [5.74, 6) is -2.37. The van der Waals surface area contributed by atoms with Crippen LogP contribution in [-0.4, -0.2) is 9.97 Å². The van der Waals surface area contributed by atoms with Crippen molar-refractivity contribution in [3.63, 3.8) is 0 Å². The average molecular weight is 248 g/mol. The second kappa shape index (κ2) is 3.87. The van der Waals surface area contributed by atoms with Gasteiger partial charge in [-0.2, -0.15) is 0 Å². The predicted octanol–water partition coefficient (Wildman–Crippen LogP) is 3.65. The van der Waals surface area contributed by atoms with Crippen LogP contribution >= 0.6 is 0 Å². The maximum absolute atomic E-state index is 13.6. The van der Waals surface area contributed by atoms with Crippen molar-refractivity contribution in [2.75, 3.05) is 0 Å². The lowest BCUT2D eigenvalue weighted by atomic mass is 10.2. The number of imidazole rings is 1. The van der Waals surface area contributed by atoms with Gasteiger partial charge in [-0.05, 0) is 24.3 Å². The van der Waals surface area contributed by atoms with Gasteiger partial charge in [0, 0.05) is 0 Å². The zero-order valence-electron chi connectivity index (χ0n) is 9.05. The predicted molar refractivity (Wildman–Crippen MR) is 61.4 cm³/mol. The first-order chi connectivity index (χ1) is 8.66. The second-order valence-corrected chi connectivity index (χ2v) is 3.82. The fourth-order valence-corrected chi connectivity index (χ4v) is 1.81. The first-order valence-corrected chi connectivity index (χ1v) is 5.25. The zero-order chi connectivity index (χ0) is 12.7. The monoisotopic (exact) mass is 248 g/mol. The van der Waals surface area contributed by atoms with Gasteiger partial charge in [0.2, 0.25) is 0 Å². The molecule has 0 atom stereocenters. The Hall–Kier alpha value is -2.30. The Morgan fingerprint density at radius 3 is 2.39 bits per heavy atom. The molecule has 0 saturated carbocycles. The summed E-state index contributed by atoms with van der Waals surface area (Å²) >= 11 is 0. The van der Waals surface area contributed by atoms with Crippen molar-refractivity contribution >= 4 is 11.0 Å². The lowest BCUT2D eigenvalue weighted by Crippen LogP contribution is -1.90. The van der Waals surface area contributed by atoms with E-state index in [4.69, 9.17) is 0 Å². The van der Waals surface area contributed by atoms with E-state index in [1.54, 1.807) is 6.07 Å². The molecule has 1 aromatic heterocycles. The number of rotatable bonds is 1. The van der Waals surface area contributed by atoms with E-state index in [-0.39, 0.29) is 16.9 Å². The Balaban J connectivity index is 2.26. The van der Waals surface area contributed by atoms with Gasteiger partial charge in [0.1, 0.15) is 11.3 Å². The van der Waals surface area contributed by atoms with Gasteiger partial charge >= 0.3 is 0 Å². The van der Waals surface area contributed by atoms with Crippen LogP contribution in [0.25, 0.3) is 22.4 Å². The molecule has 0 unspecified atom stereocenters. The average Bonchev–Trinajstić information content (AvgIpc) is 2.78. The van der Waals surface area contributed by atoms with Crippen molar-refractivity contribution in [3.05, 3.63) is 53.8 Å². The molecule has 0 aliphatic heterocycles. The highest BCUT2D eigenvalue weighted by atomic mass is 19.2. The van der Waals surface area contributed by atoms with E-state index < -0.39 is 17.5 Å². The Bertz CT molecular complexity index is 734. The molecule has 2 aromatic carbocycles. The van der Waals surface area contributed by atoms with E-state index in [2.05, 4.69) is 9.97 Å². The minimum absolute atomic E-state index is 0.0226. The number of hydrogen-bond donors (Lipinski definition) is 1. The molecule has 0 bridgehead atoms. The molecule has 1 heterocycles. The van der Waals surface area contributed by atoms with Gasteiger partial charge in [-0.15, -0.1) is 0 Å². The summed E-state index contributed by atoms with van der Waals surface area (Å²) in [6.07, 6.45) is 0. The lowest BCUT2D eigenvalue weighted by Gasteiger charge is -1.99. The second-order valence-electron chi connectivity index (χ2n) is 3.82. The molecule has 0 fully saturated rings. The van der Waals surface area contributed by atoms with Crippen molar-refractivity contribution in [2.45, 2.75) is 0 Å². The van der Waals surface area contributed by atoms with Crippen LogP contribution in [0.3, 0.4) is 0 Å². The van der Waals surface area contributed by atoms with Crippen molar-refractivity contribution in [2.24, 2.45) is 0 Å². The standard InChI is InChI=1S/C13H7F3N2/c14-8-4-1-3-7(11(8)16)13-17-10-6-2-5-9(15)12(10)18-13/h1-6H,(H,17,18). The van der Waals surface area contributed by atoms with E-state index in [9.17, 15) is 13.2 Å². The van der Waals surface area contributed by atoms with Crippen LogP contribution in [0.1, 0.15) is 0 Å². The third-order valence-corrected chi connectivity index (χ3v) is 2.67. The number of nitrogens with zero attached hydrogens (tertiary/aromatic N) is 1. The summed E-state index contributed by atoms with van der Waals surface area (Å²) in [4.78, 5) is 6.71. The van der Waals surface area contributed by atoms with Gasteiger partial charge < -0.3 is 4.98 Å². The van der Waals surface area contributed by atoms with Crippen LogP contribution < -0.4 is 0 Å². The number of fused-ring (bicyclic) bond motifs is 1. The number of H-pyrrole nitrogens is 1. The van der Waals surface area contributed by atoms with Crippen LogP contribution in [0.5, 0.6) is 0 Å². The number of nitrogens with one attached hydrogen (secondary N) is 1. The molecule has 0 aliphatic rings. The van der Waals surface area contributed by atoms with Gasteiger partial charge in [0.15, 0.2) is 17.5 Å². The molecule has 0 radical (unpaired) electrons. The fourth-order valence-electron chi connectivity index (χ4n) is 1.81. The molecule has 0 aliphatic carbocycles. The van der Waals surface area contributed by atoms with Crippen molar-refractivity contribution in [1.29, 1.82) is 0 Å². The highest BCUT2D eigenvalue weighted by molar-refractivity contribution is 5.79.